The second-order valence-corrected chi connectivity index (χ2v) is 10.5. The summed E-state index contributed by atoms with van der Waals surface area (Å²) < 4.78 is 0. The average Bonchev–Trinajstić information content (AvgIpc) is 2.86. The Bertz CT molecular complexity index is 1190. The van der Waals surface area contributed by atoms with Gasteiger partial charge in [0.2, 0.25) is 0 Å². The van der Waals surface area contributed by atoms with Crippen LogP contribution in [0.2, 0.25) is 5.02 Å². The van der Waals surface area contributed by atoms with Crippen molar-refractivity contribution in [3.8, 4) is 12.1 Å². The highest BCUT2D eigenvalue weighted by molar-refractivity contribution is 7.98. The van der Waals surface area contributed by atoms with E-state index in [4.69, 9.17) is 11.6 Å². The zero-order valence-electron chi connectivity index (χ0n) is 20.0. The number of nitrogens with one attached hydrogen (secondary N) is 1. The highest BCUT2D eigenvalue weighted by atomic mass is 35.5. The van der Waals surface area contributed by atoms with E-state index in [-0.39, 0.29) is 18.0 Å². The molecule has 0 spiro atoms. The molecule has 0 saturated heterocycles. The van der Waals surface area contributed by atoms with E-state index in [1.807, 2.05) is 44.2 Å². The molecule has 0 radical (unpaired) electrons. The van der Waals surface area contributed by atoms with Crippen LogP contribution in [-0.4, -0.2) is 12.3 Å². The molecule has 3 aromatic carbocycles. The standard InChI is InChI=1S/C29H30ClN3S/c1-20(33-28(29(2,3)19-32)24-9-6-10-26(17-24)34-4)27(16-21-11-13-25(30)14-12-21)23-8-5-7-22(15-23)18-31/h5-15,17,20,27-28,33H,16H2,1-4H3/t20-,27?,28-/m0/s1. The zero-order valence-corrected chi connectivity index (χ0v) is 21.6. The third kappa shape index (κ3) is 6.43. The number of hydrogen-bond acceptors (Lipinski definition) is 4. The Balaban J connectivity index is 2.00. The minimum absolute atomic E-state index is 0.0279. The fourth-order valence-electron chi connectivity index (χ4n) is 4.28. The van der Waals surface area contributed by atoms with E-state index in [0.717, 1.165) is 17.5 Å². The maximum atomic E-state index is 10.0. The summed E-state index contributed by atoms with van der Waals surface area (Å²) in [5, 5.41) is 24.0. The maximum absolute atomic E-state index is 10.0. The minimum Gasteiger partial charge on any atom is -0.305 e. The molecule has 0 bridgehead atoms. The smallest absolute Gasteiger partial charge is 0.0991 e. The fraction of sp³-hybridized carbons (Fsp3) is 0.310. The predicted octanol–water partition coefficient (Wildman–Crippen LogP) is 7.53. The average molecular weight is 488 g/mol. The normalized spacial score (nSPS) is 14.0. The van der Waals surface area contributed by atoms with Gasteiger partial charge >= 0.3 is 0 Å². The van der Waals surface area contributed by atoms with Crippen molar-refractivity contribution in [3.63, 3.8) is 0 Å². The van der Waals surface area contributed by atoms with E-state index in [1.54, 1.807) is 11.8 Å². The van der Waals surface area contributed by atoms with Gasteiger partial charge in [-0.05, 0) is 86.5 Å². The summed E-state index contributed by atoms with van der Waals surface area (Å²) in [5.41, 5.74) is 3.39. The van der Waals surface area contributed by atoms with Crippen molar-refractivity contribution in [2.24, 2.45) is 5.41 Å². The van der Waals surface area contributed by atoms with Gasteiger partial charge in [-0.3, -0.25) is 0 Å². The highest BCUT2D eigenvalue weighted by Gasteiger charge is 2.34. The first kappa shape index (κ1) is 25.9. The van der Waals surface area contributed by atoms with E-state index >= 15 is 0 Å². The van der Waals surface area contributed by atoms with Crippen molar-refractivity contribution < 1.29 is 0 Å². The number of hydrogen-bond donors (Lipinski definition) is 1. The molecule has 0 fully saturated rings. The van der Waals surface area contributed by atoms with Gasteiger partial charge in [-0.1, -0.05) is 48.0 Å². The molecule has 3 atom stereocenters. The van der Waals surface area contributed by atoms with Crippen LogP contribution < -0.4 is 5.32 Å². The van der Waals surface area contributed by atoms with Crippen molar-refractivity contribution >= 4 is 23.4 Å². The molecule has 3 aromatic rings. The zero-order chi connectivity index (χ0) is 24.7. The monoisotopic (exact) mass is 487 g/mol. The Labute approximate surface area is 212 Å². The van der Waals surface area contributed by atoms with Crippen LogP contribution >= 0.6 is 23.4 Å². The third-order valence-electron chi connectivity index (χ3n) is 6.28. The Morgan fingerprint density at radius 1 is 0.971 bits per heavy atom. The maximum Gasteiger partial charge on any atom is 0.0991 e. The van der Waals surface area contributed by atoms with Crippen LogP contribution in [0.4, 0.5) is 0 Å². The van der Waals surface area contributed by atoms with E-state index in [1.165, 1.54) is 10.5 Å². The molecule has 1 N–H and O–H groups in total. The van der Waals surface area contributed by atoms with Gasteiger partial charge in [0.05, 0.1) is 29.2 Å². The van der Waals surface area contributed by atoms with Crippen molar-refractivity contribution in [3.05, 3.63) is 100 Å². The first-order chi connectivity index (χ1) is 16.3. The van der Waals surface area contributed by atoms with Gasteiger partial charge in [-0.25, -0.2) is 0 Å². The molecule has 0 aliphatic carbocycles. The van der Waals surface area contributed by atoms with Gasteiger partial charge < -0.3 is 5.32 Å². The summed E-state index contributed by atoms with van der Waals surface area (Å²) in [5.74, 6) is 0.0928. The van der Waals surface area contributed by atoms with E-state index < -0.39 is 5.41 Å². The van der Waals surface area contributed by atoms with Crippen LogP contribution in [0, 0.1) is 28.1 Å². The van der Waals surface area contributed by atoms with E-state index in [2.05, 4.69) is 73.1 Å². The molecular formula is C29H30ClN3S. The molecule has 174 valence electrons. The topological polar surface area (TPSA) is 59.6 Å². The number of halogens is 1. The predicted molar refractivity (Wildman–Crippen MR) is 142 cm³/mol. The summed E-state index contributed by atoms with van der Waals surface area (Å²) in [6, 6.07) is 28.8. The lowest BCUT2D eigenvalue weighted by molar-refractivity contribution is 0.280. The van der Waals surface area contributed by atoms with Crippen LogP contribution in [-0.2, 0) is 6.42 Å². The number of thioether (sulfide) groups is 1. The van der Waals surface area contributed by atoms with Gasteiger partial charge in [0.25, 0.3) is 0 Å². The third-order valence-corrected chi connectivity index (χ3v) is 7.26. The van der Waals surface area contributed by atoms with Gasteiger partial charge in [-0.15, -0.1) is 11.8 Å². The molecule has 3 nitrogen and oxygen atoms in total. The van der Waals surface area contributed by atoms with Crippen LogP contribution in [0.15, 0.2) is 77.7 Å². The Morgan fingerprint density at radius 3 is 2.29 bits per heavy atom. The molecule has 3 rings (SSSR count). The highest BCUT2D eigenvalue weighted by Crippen LogP contribution is 2.36. The molecule has 0 saturated carbocycles. The van der Waals surface area contributed by atoms with Crippen molar-refractivity contribution in [1.29, 1.82) is 10.5 Å². The molecular weight excluding hydrogens is 458 g/mol. The van der Waals surface area contributed by atoms with Crippen LogP contribution in [0.1, 0.15) is 55.0 Å². The van der Waals surface area contributed by atoms with Gasteiger partial charge in [0.1, 0.15) is 0 Å². The Kier molecular flexibility index (Phi) is 8.81. The summed E-state index contributed by atoms with van der Waals surface area (Å²) in [6.45, 7) is 6.12. The molecule has 0 heterocycles. The Morgan fingerprint density at radius 2 is 1.65 bits per heavy atom. The largest absolute Gasteiger partial charge is 0.305 e. The van der Waals surface area contributed by atoms with Gasteiger partial charge in [0.15, 0.2) is 0 Å². The summed E-state index contributed by atoms with van der Waals surface area (Å²) in [4.78, 5) is 1.17. The lowest BCUT2D eigenvalue weighted by atomic mass is 9.79. The van der Waals surface area contributed by atoms with Crippen LogP contribution in [0.25, 0.3) is 0 Å². The van der Waals surface area contributed by atoms with Gasteiger partial charge in [0, 0.05) is 21.9 Å². The van der Waals surface area contributed by atoms with Gasteiger partial charge in [-0.2, -0.15) is 10.5 Å². The molecule has 1 unspecified atom stereocenters. The summed E-state index contributed by atoms with van der Waals surface area (Å²) >= 11 is 7.81. The molecule has 5 heteroatoms. The molecule has 0 amide bonds. The fourth-order valence-corrected chi connectivity index (χ4v) is 4.88. The molecule has 0 aliphatic heterocycles. The summed E-state index contributed by atoms with van der Waals surface area (Å²) in [7, 11) is 0. The van der Waals surface area contributed by atoms with E-state index in [9.17, 15) is 10.5 Å². The second kappa shape index (κ2) is 11.6. The minimum atomic E-state index is -0.620. The number of nitriles is 2. The van der Waals surface area contributed by atoms with Crippen molar-refractivity contribution in [2.75, 3.05) is 6.26 Å². The number of rotatable bonds is 9. The second-order valence-electron chi connectivity index (χ2n) is 9.17. The first-order valence-corrected chi connectivity index (χ1v) is 12.9. The number of nitrogens with zero attached hydrogens (tertiary/aromatic N) is 2. The lowest BCUT2D eigenvalue weighted by Crippen LogP contribution is -2.42. The number of benzene rings is 3. The lowest BCUT2D eigenvalue weighted by Gasteiger charge is -2.36. The molecule has 34 heavy (non-hydrogen) atoms. The van der Waals surface area contributed by atoms with Crippen LogP contribution in [0.3, 0.4) is 0 Å². The summed E-state index contributed by atoms with van der Waals surface area (Å²) in [6.07, 6.45) is 2.84. The first-order valence-electron chi connectivity index (χ1n) is 11.3. The molecule has 0 aliphatic rings. The van der Waals surface area contributed by atoms with Crippen molar-refractivity contribution in [2.45, 2.75) is 50.1 Å². The molecule has 0 aromatic heterocycles. The van der Waals surface area contributed by atoms with Crippen molar-refractivity contribution in [1.82, 2.24) is 5.32 Å². The quantitative estimate of drug-likeness (QED) is 0.317. The SMILES string of the molecule is CSc1cccc([C@H](N[C@@H](C)C(Cc2ccc(Cl)cc2)c2cccc(C#N)c2)C(C)(C)C#N)c1. The van der Waals surface area contributed by atoms with E-state index in [0.29, 0.717) is 10.6 Å². The van der Waals surface area contributed by atoms with Crippen LogP contribution in [0.5, 0.6) is 0 Å². The Hall–Kier alpha value is -2.76.